The first-order chi connectivity index (χ1) is 9.20. The summed E-state index contributed by atoms with van der Waals surface area (Å²) in [7, 11) is 0. The van der Waals surface area contributed by atoms with Crippen molar-refractivity contribution in [2.45, 2.75) is 39.3 Å². The largest absolute Gasteiger partial charge is 0.305 e. The molecule has 1 N–H and O–H groups in total. The maximum absolute atomic E-state index is 6.28. The highest BCUT2D eigenvalue weighted by Crippen LogP contribution is 2.25. The molecule has 0 aliphatic rings. The number of thiophene rings is 1. The van der Waals surface area contributed by atoms with Crippen LogP contribution in [0.5, 0.6) is 0 Å². The van der Waals surface area contributed by atoms with E-state index in [1.54, 1.807) is 0 Å². The van der Waals surface area contributed by atoms with Crippen molar-refractivity contribution < 1.29 is 0 Å². The van der Waals surface area contributed by atoms with Gasteiger partial charge in [0, 0.05) is 22.5 Å². The molecule has 1 heterocycles. The predicted octanol–water partition coefficient (Wildman–Crippen LogP) is 5.34. The van der Waals surface area contributed by atoms with Crippen molar-refractivity contribution in [1.82, 2.24) is 5.32 Å². The van der Waals surface area contributed by atoms with Crippen molar-refractivity contribution in [3.63, 3.8) is 0 Å². The molecule has 0 aliphatic heterocycles. The van der Waals surface area contributed by atoms with E-state index in [2.05, 4.69) is 48.8 Å². The molecule has 1 atom stereocenters. The zero-order chi connectivity index (χ0) is 13.7. The zero-order valence-corrected chi connectivity index (χ0v) is 13.0. The van der Waals surface area contributed by atoms with Gasteiger partial charge in [0.15, 0.2) is 0 Å². The number of halogens is 1. The van der Waals surface area contributed by atoms with Gasteiger partial charge in [0.2, 0.25) is 0 Å². The number of hydrogen-bond donors (Lipinski definition) is 1. The zero-order valence-electron chi connectivity index (χ0n) is 11.4. The third kappa shape index (κ3) is 4.07. The second-order valence-corrected chi connectivity index (χ2v) is 6.22. The molecule has 2 rings (SSSR count). The summed E-state index contributed by atoms with van der Waals surface area (Å²) in [6.45, 7) is 5.11. The van der Waals surface area contributed by atoms with Crippen LogP contribution in [0, 0.1) is 6.92 Å². The van der Waals surface area contributed by atoms with Gasteiger partial charge in [0.1, 0.15) is 0 Å². The average molecular weight is 294 g/mol. The number of hydrogen-bond acceptors (Lipinski definition) is 2. The molecule has 0 fully saturated rings. The van der Waals surface area contributed by atoms with Crippen LogP contribution in [-0.4, -0.2) is 0 Å². The third-order valence-corrected chi connectivity index (χ3v) is 4.55. The summed E-state index contributed by atoms with van der Waals surface area (Å²) in [6, 6.07) is 11.0. The van der Waals surface area contributed by atoms with Gasteiger partial charge in [-0.25, -0.2) is 0 Å². The molecule has 0 bridgehead atoms. The van der Waals surface area contributed by atoms with E-state index in [4.69, 9.17) is 11.6 Å². The Kier molecular flexibility index (Phi) is 5.44. The molecule has 19 heavy (non-hydrogen) atoms. The minimum absolute atomic E-state index is 0.433. The Hall–Kier alpha value is -0.830. The van der Waals surface area contributed by atoms with E-state index in [1.165, 1.54) is 22.4 Å². The number of nitrogens with one attached hydrogen (secondary N) is 1. The van der Waals surface area contributed by atoms with Crippen molar-refractivity contribution in [1.29, 1.82) is 0 Å². The fraction of sp³-hybridized carbons (Fsp3) is 0.375. The predicted molar refractivity (Wildman–Crippen MR) is 85.0 cm³/mol. The van der Waals surface area contributed by atoms with Gasteiger partial charge in [0.25, 0.3) is 0 Å². The Balaban J connectivity index is 2.02. The maximum Gasteiger partial charge on any atom is 0.0453 e. The van der Waals surface area contributed by atoms with Gasteiger partial charge < -0.3 is 5.32 Å². The quantitative estimate of drug-likeness (QED) is 0.758. The first-order valence-electron chi connectivity index (χ1n) is 6.72. The monoisotopic (exact) mass is 293 g/mol. The average Bonchev–Trinajstić information content (AvgIpc) is 2.90. The summed E-state index contributed by atoms with van der Waals surface area (Å²) in [6.07, 6.45) is 2.33. The molecule has 0 saturated carbocycles. The topological polar surface area (TPSA) is 12.0 Å². The molecule has 0 spiro atoms. The van der Waals surface area contributed by atoms with Crippen molar-refractivity contribution >= 4 is 22.9 Å². The molecule has 0 saturated heterocycles. The van der Waals surface area contributed by atoms with Crippen LogP contribution in [0.4, 0.5) is 0 Å². The van der Waals surface area contributed by atoms with Crippen LogP contribution >= 0.6 is 22.9 Å². The highest BCUT2D eigenvalue weighted by Gasteiger charge is 2.11. The summed E-state index contributed by atoms with van der Waals surface area (Å²) < 4.78 is 0. The summed E-state index contributed by atoms with van der Waals surface area (Å²) in [5.41, 5.74) is 2.38. The van der Waals surface area contributed by atoms with E-state index in [-0.39, 0.29) is 0 Å². The Morgan fingerprint density at radius 1 is 1.32 bits per heavy atom. The number of aryl methyl sites for hydroxylation is 1. The van der Waals surface area contributed by atoms with Gasteiger partial charge >= 0.3 is 0 Å². The van der Waals surface area contributed by atoms with Crippen molar-refractivity contribution in [3.05, 3.63) is 56.7 Å². The molecule has 1 aromatic heterocycles. The molecule has 1 nitrogen and oxygen atoms in total. The molecular weight excluding hydrogens is 274 g/mol. The van der Waals surface area contributed by atoms with E-state index in [1.807, 2.05) is 17.4 Å². The van der Waals surface area contributed by atoms with E-state index < -0.39 is 0 Å². The molecule has 0 aliphatic carbocycles. The maximum atomic E-state index is 6.28. The van der Waals surface area contributed by atoms with Crippen LogP contribution in [0.3, 0.4) is 0 Å². The van der Waals surface area contributed by atoms with Crippen LogP contribution in [0.1, 0.15) is 41.8 Å². The first-order valence-corrected chi connectivity index (χ1v) is 7.98. The molecule has 102 valence electrons. The second-order valence-electron chi connectivity index (χ2n) is 4.83. The van der Waals surface area contributed by atoms with Crippen LogP contribution in [0.15, 0.2) is 35.7 Å². The SMILES string of the molecule is CCCC(NCc1ccc(C)cc1Cl)c1cccs1. The Morgan fingerprint density at radius 2 is 2.16 bits per heavy atom. The first kappa shape index (κ1) is 14.6. The van der Waals surface area contributed by atoms with E-state index in [0.717, 1.165) is 18.0 Å². The second kappa shape index (κ2) is 7.09. The van der Waals surface area contributed by atoms with Gasteiger partial charge in [-0.2, -0.15) is 0 Å². The smallest absolute Gasteiger partial charge is 0.0453 e. The standard InChI is InChI=1S/C16H20ClNS/c1-3-5-15(16-6-4-9-19-16)18-11-13-8-7-12(2)10-14(13)17/h4,6-10,15,18H,3,5,11H2,1-2H3. The van der Waals surface area contributed by atoms with Crippen LogP contribution < -0.4 is 5.32 Å². The van der Waals surface area contributed by atoms with Crippen molar-refractivity contribution in [2.75, 3.05) is 0 Å². The summed E-state index contributed by atoms with van der Waals surface area (Å²) in [5.74, 6) is 0. The summed E-state index contributed by atoms with van der Waals surface area (Å²) in [5, 5.41) is 6.62. The van der Waals surface area contributed by atoms with E-state index >= 15 is 0 Å². The molecule has 0 amide bonds. The van der Waals surface area contributed by atoms with Gasteiger partial charge in [-0.15, -0.1) is 11.3 Å². The minimum atomic E-state index is 0.433. The molecule has 1 aromatic carbocycles. The van der Waals surface area contributed by atoms with E-state index in [9.17, 15) is 0 Å². The van der Waals surface area contributed by atoms with Gasteiger partial charge in [-0.05, 0) is 42.0 Å². The molecule has 3 heteroatoms. The lowest BCUT2D eigenvalue weighted by Gasteiger charge is -2.17. The van der Waals surface area contributed by atoms with Gasteiger partial charge in [-0.1, -0.05) is 43.1 Å². The lowest BCUT2D eigenvalue weighted by atomic mass is 10.1. The highest BCUT2D eigenvalue weighted by molar-refractivity contribution is 7.10. The number of rotatable bonds is 6. The van der Waals surface area contributed by atoms with Crippen molar-refractivity contribution in [2.24, 2.45) is 0 Å². The van der Waals surface area contributed by atoms with Crippen LogP contribution in [0.25, 0.3) is 0 Å². The van der Waals surface area contributed by atoms with Gasteiger partial charge in [0.05, 0.1) is 0 Å². The van der Waals surface area contributed by atoms with E-state index in [0.29, 0.717) is 6.04 Å². The summed E-state index contributed by atoms with van der Waals surface area (Å²) in [4.78, 5) is 1.41. The molecule has 1 unspecified atom stereocenters. The normalized spacial score (nSPS) is 12.6. The van der Waals surface area contributed by atoms with Crippen LogP contribution in [-0.2, 0) is 6.54 Å². The number of benzene rings is 1. The molecule has 2 aromatic rings. The Morgan fingerprint density at radius 3 is 2.79 bits per heavy atom. The summed E-state index contributed by atoms with van der Waals surface area (Å²) >= 11 is 8.09. The lowest BCUT2D eigenvalue weighted by molar-refractivity contribution is 0.500. The minimum Gasteiger partial charge on any atom is -0.305 e. The molecular formula is C16H20ClNS. The fourth-order valence-electron chi connectivity index (χ4n) is 2.15. The van der Waals surface area contributed by atoms with Gasteiger partial charge in [-0.3, -0.25) is 0 Å². The Labute approximate surface area is 124 Å². The highest BCUT2D eigenvalue weighted by atomic mass is 35.5. The molecule has 0 radical (unpaired) electrons. The lowest BCUT2D eigenvalue weighted by Crippen LogP contribution is -2.20. The van der Waals surface area contributed by atoms with Crippen LogP contribution in [0.2, 0.25) is 5.02 Å². The Bertz CT molecular complexity index is 507. The third-order valence-electron chi connectivity index (χ3n) is 3.21. The van der Waals surface area contributed by atoms with Crippen molar-refractivity contribution in [3.8, 4) is 0 Å². The fourth-order valence-corrected chi connectivity index (χ4v) is 3.29.